The highest BCUT2D eigenvalue weighted by atomic mass is 79.9. The standard InChI is InChI=1S/C12H14BrNO4S/c1-2-19(17,18)10-9(12(10,14)11(15)16)7-3-5-8(13)6-4-7/h3-6,9-10H,2,14H2,1H3,(H,15,16). The van der Waals surface area contributed by atoms with Gasteiger partial charge in [0.2, 0.25) is 0 Å². The van der Waals surface area contributed by atoms with E-state index in [1.165, 1.54) is 6.92 Å². The van der Waals surface area contributed by atoms with Gasteiger partial charge in [-0.1, -0.05) is 35.0 Å². The average molecular weight is 348 g/mol. The Hall–Kier alpha value is -0.920. The first-order valence-corrected chi connectivity index (χ1v) is 8.25. The van der Waals surface area contributed by atoms with Gasteiger partial charge in [0.25, 0.3) is 0 Å². The summed E-state index contributed by atoms with van der Waals surface area (Å²) in [4.78, 5) is 11.3. The molecule has 0 aliphatic heterocycles. The molecule has 1 aliphatic rings. The molecule has 3 N–H and O–H groups in total. The van der Waals surface area contributed by atoms with E-state index in [9.17, 15) is 18.3 Å². The third-order valence-corrected chi connectivity index (χ3v) is 6.34. The van der Waals surface area contributed by atoms with Crippen molar-refractivity contribution in [3.8, 4) is 0 Å². The van der Waals surface area contributed by atoms with Crippen LogP contribution in [0.15, 0.2) is 28.7 Å². The number of carboxylic acid groups (broad SMARTS) is 1. The molecule has 0 heterocycles. The third kappa shape index (κ3) is 2.19. The molecule has 7 heteroatoms. The average Bonchev–Trinajstić information content (AvgIpc) is 2.99. The van der Waals surface area contributed by atoms with Crippen LogP contribution in [-0.2, 0) is 14.6 Å². The van der Waals surface area contributed by atoms with E-state index >= 15 is 0 Å². The van der Waals surface area contributed by atoms with Crippen LogP contribution in [0, 0.1) is 0 Å². The van der Waals surface area contributed by atoms with Crippen molar-refractivity contribution in [1.29, 1.82) is 0 Å². The second-order valence-electron chi connectivity index (χ2n) is 4.64. The monoisotopic (exact) mass is 347 g/mol. The van der Waals surface area contributed by atoms with E-state index in [1.807, 2.05) is 0 Å². The fraction of sp³-hybridized carbons (Fsp3) is 0.417. The van der Waals surface area contributed by atoms with Crippen LogP contribution in [0.4, 0.5) is 0 Å². The Morgan fingerprint density at radius 3 is 2.37 bits per heavy atom. The van der Waals surface area contributed by atoms with E-state index in [4.69, 9.17) is 5.73 Å². The van der Waals surface area contributed by atoms with Gasteiger partial charge in [0.15, 0.2) is 9.84 Å². The van der Waals surface area contributed by atoms with E-state index in [0.29, 0.717) is 5.56 Å². The number of rotatable bonds is 4. The Bertz CT molecular complexity index is 613. The molecule has 3 atom stereocenters. The van der Waals surface area contributed by atoms with E-state index in [-0.39, 0.29) is 5.75 Å². The van der Waals surface area contributed by atoms with Crippen molar-refractivity contribution in [1.82, 2.24) is 0 Å². The number of carboxylic acids is 1. The van der Waals surface area contributed by atoms with Gasteiger partial charge in [-0.3, -0.25) is 4.79 Å². The van der Waals surface area contributed by atoms with Crippen molar-refractivity contribution >= 4 is 31.7 Å². The molecular weight excluding hydrogens is 334 g/mol. The molecule has 1 aromatic rings. The minimum absolute atomic E-state index is 0.114. The highest BCUT2D eigenvalue weighted by Crippen LogP contribution is 2.54. The summed E-state index contributed by atoms with van der Waals surface area (Å²) in [6.07, 6.45) is 0. The minimum atomic E-state index is -3.50. The van der Waals surface area contributed by atoms with Crippen molar-refractivity contribution < 1.29 is 18.3 Å². The van der Waals surface area contributed by atoms with Gasteiger partial charge in [-0.05, 0) is 17.7 Å². The van der Waals surface area contributed by atoms with E-state index in [1.54, 1.807) is 24.3 Å². The Morgan fingerprint density at radius 2 is 1.95 bits per heavy atom. The van der Waals surface area contributed by atoms with Crippen LogP contribution in [0.25, 0.3) is 0 Å². The molecule has 2 rings (SSSR count). The molecule has 0 spiro atoms. The van der Waals surface area contributed by atoms with E-state index in [0.717, 1.165) is 4.47 Å². The summed E-state index contributed by atoms with van der Waals surface area (Å²) in [6, 6.07) is 6.88. The number of nitrogens with two attached hydrogens (primary N) is 1. The van der Waals surface area contributed by atoms with Crippen molar-refractivity contribution in [3.05, 3.63) is 34.3 Å². The number of hydrogen-bond acceptors (Lipinski definition) is 4. The zero-order valence-electron chi connectivity index (χ0n) is 10.2. The maximum absolute atomic E-state index is 12.0. The molecular formula is C12H14BrNO4S. The summed E-state index contributed by atoms with van der Waals surface area (Å²) in [5, 5.41) is 8.18. The molecule has 1 aliphatic carbocycles. The number of hydrogen-bond donors (Lipinski definition) is 2. The maximum atomic E-state index is 12.0. The zero-order chi connectivity index (χ0) is 14.4. The van der Waals surface area contributed by atoms with Crippen LogP contribution in [0.1, 0.15) is 18.4 Å². The second kappa shape index (κ2) is 4.57. The van der Waals surface area contributed by atoms with Gasteiger partial charge < -0.3 is 10.8 Å². The second-order valence-corrected chi connectivity index (χ2v) is 7.97. The molecule has 3 unspecified atom stereocenters. The normalized spacial score (nSPS) is 30.1. The van der Waals surface area contributed by atoms with Gasteiger partial charge in [0.05, 0.1) is 5.25 Å². The maximum Gasteiger partial charge on any atom is 0.325 e. The topological polar surface area (TPSA) is 97.5 Å². The first-order valence-electron chi connectivity index (χ1n) is 5.74. The molecule has 0 bridgehead atoms. The van der Waals surface area contributed by atoms with Gasteiger partial charge in [-0.2, -0.15) is 0 Å². The smallest absolute Gasteiger partial charge is 0.325 e. The Kier molecular flexibility index (Phi) is 3.49. The quantitative estimate of drug-likeness (QED) is 0.850. The fourth-order valence-electron chi connectivity index (χ4n) is 2.43. The molecule has 0 aromatic heterocycles. The lowest BCUT2D eigenvalue weighted by Crippen LogP contribution is -2.40. The fourth-order valence-corrected chi connectivity index (χ4v) is 4.62. The number of benzene rings is 1. The molecule has 1 aromatic carbocycles. The molecule has 1 saturated carbocycles. The summed E-state index contributed by atoms with van der Waals surface area (Å²) in [6.45, 7) is 1.49. The van der Waals surface area contributed by atoms with Crippen LogP contribution in [0.5, 0.6) is 0 Å². The van der Waals surface area contributed by atoms with Crippen LogP contribution in [0.2, 0.25) is 0 Å². The van der Waals surface area contributed by atoms with Crippen LogP contribution in [-0.4, -0.2) is 36.0 Å². The molecule has 5 nitrogen and oxygen atoms in total. The highest BCUT2D eigenvalue weighted by molar-refractivity contribution is 9.10. The minimum Gasteiger partial charge on any atom is -0.480 e. The number of carbonyl (C=O) groups is 1. The summed E-state index contributed by atoms with van der Waals surface area (Å²) >= 11 is 3.27. The molecule has 0 radical (unpaired) electrons. The summed E-state index contributed by atoms with van der Waals surface area (Å²) in [7, 11) is -3.50. The summed E-state index contributed by atoms with van der Waals surface area (Å²) in [5.74, 6) is -2.08. The lowest BCUT2D eigenvalue weighted by atomic mass is 10.1. The SMILES string of the molecule is CCS(=O)(=O)C1C(c2ccc(Br)cc2)C1(N)C(=O)O. The lowest BCUT2D eigenvalue weighted by molar-refractivity contribution is -0.139. The summed E-state index contributed by atoms with van der Waals surface area (Å²) in [5.41, 5.74) is 4.73. The predicted molar refractivity (Wildman–Crippen MR) is 74.7 cm³/mol. The van der Waals surface area contributed by atoms with Crippen molar-refractivity contribution in [2.75, 3.05) is 5.75 Å². The lowest BCUT2D eigenvalue weighted by Gasteiger charge is -2.05. The predicted octanol–water partition coefficient (Wildman–Crippen LogP) is 1.13. The van der Waals surface area contributed by atoms with Gasteiger partial charge in [0.1, 0.15) is 5.54 Å². The number of aliphatic carboxylic acids is 1. The molecule has 1 fully saturated rings. The van der Waals surface area contributed by atoms with Crippen LogP contribution in [0.3, 0.4) is 0 Å². The van der Waals surface area contributed by atoms with Gasteiger partial charge in [-0.15, -0.1) is 0 Å². The van der Waals surface area contributed by atoms with Crippen LogP contribution >= 0.6 is 15.9 Å². The first kappa shape index (κ1) is 14.5. The Morgan fingerprint density at radius 1 is 1.42 bits per heavy atom. The van der Waals surface area contributed by atoms with E-state index < -0.39 is 32.5 Å². The Labute approximate surface area is 119 Å². The van der Waals surface area contributed by atoms with Gasteiger partial charge >= 0.3 is 5.97 Å². The van der Waals surface area contributed by atoms with Crippen molar-refractivity contribution in [2.45, 2.75) is 23.6 Å². The first-order chi connectivity index (χ1) is 8.75. The van der Waals surface area contributed by atoms with E-state index in [2.05, 4.69) is 15.9 Å². The zero-order valence-corrected chi connectivity index (χ0v) is 12.6. The largest absolute Gasteiger partial charge is 0.480 e. The summed E-state index contributed by atoms with van der Waals surface area (Å²) < 4.78 is 24.8. The highest BCUT2D eigenvalue weighted by Gasteiger charge is 2.73. The van der Waals surface area contributed by atoms with Crippen LogP contribution < -0.4 is 5.73 Å². The van der Waals surface area contributed by atoms with Crippen molar-refractivity contribution in [2.24, 2.45) is 5.73 Å². The number of halogens is 1. The Balaban J connectivity index is 2.45. The molecule has 19 heavy (non-hydrogen) atoms. The van der Waals surface area contributed by atoms with Gasteiger partial charge in [-0.25, -0.2) is 8.42 Å². The van der Waals surface area contributed by atoms with Gasteiger partial charge in [0, 0.05) is 16.1 Å². The molecule has 0 amide bonds. The van der Waals surface area contributed by atoms with Crippen molar-refractivity contribution in [3.63, 3.8) is 0 Å². The molecule has 104 valence electrons. The molecule has 0 saturated heterocycles. The third-order valence-electron chi connectivity index (χ3n) is 3.57. The number of sulfone groups is 1.